The number of thiophene rings is 1. The molecule has 0 saturated heterocycles. The van der Waals surface area contributed by atoms with E-state index < -0.39 is 0 Å². The molecule has 0 aliphatic heterocycles. The number of hydrogen-bond acceptors (Lipinski definition) is 6. The molecule has 0 bridgehead atoms. The van der Waals surface area contributed by atoms with Crippen molar-refractivity contribution in [2.24, 2.45) is 0 Å². The van der Waals surface area contributed by atoms with Crippen molar-refractivity contribution in [3.8, 4) is 10.8 Å². The number of nitrogens with one attached hydrogen (secondary N) is 1. The maximum absolute atomic E-state index is 5.76. The molecule has 1 unspecified atom stereocenters. The van der Waals surface area contributed by atoms with Crippen LogP contribution in [0.5, 0.6) is 0 Å². The molecule has 1 N–H and O–H groups in total. The molecule has 0 spiro atoms. The number of pyridine rings is 1. The van der Waals surface area contributed by atoms with Gasteiger partial charge in [-0.1, -0.05) is 42.5 Å². The van der Waals surface area contributed by atoms with Gasteiger partial charge in [-0.05, 0) is 29.1 Å². The topological polar surface area (TPSA) is 63.8 Å². The lowest BCUT2D eigenvalue weighted by Gasteiger charge is -2.17. The Bertz CT molecular complexity index is 868. The van der Waals surface area contributed by atoms with Crippen molar-refractivity contribution < 1.29 is 4.42 Å². The van der Waals surface area contributed by atoms with Crippen molar-refractivity contribution in [2.75, 3.05) is 0 Å². The van der Waals surface area contributed by atoms with Crippen LogP contribution in [0.4, 0.5) is 0 Å². The summed E-state index contributed by atoms with van der Waals surface area (Å²) >= 11 is 1.58. The predicted octanol–water partition coefficient (Wildman–Crippen LogP) is 4.07. The molecule has 0 amide bonds. The van der Waals surface area contributed by atoms with Crippen molar-refractivity contribution >= 4 is 11.3 Å². The Morgan fingerprint density at radius 1 is 0.960 bits per heavy atom. The number of hydrogen-bond donors (Lipinski definition) is 1. The van der Waals surface area contributed by atoms with Gasteiger partial charge in [0.1, 0.15) is 0 Å². The molecule has 6 heteroatoms. The van der Waals surface area contributed by atoms with E-state index in [0.717, 1.165) is 16.1 Å². The maximum atomic E-state index is 5.76. The van der Waals surface area contributed by atoms with Gasteiger partial charge in [-0.25, -0.2) is 0 Å². The van der Waals surface area contributed by atoms with Crippen LogP contribution >= 0.6 is 11.3 Å². The average Bonchev–Trinajstić information content (AvgIpc) is 3.35. The Morgan fingerprint density at radius 2 is 1.84 bits per heavy atom. The normalized spacial score (nSPS) is 12.2. The summed E-state index contributed by atoms with van der Waals surface area (Å²) in [5, 5.41) is 13.7. The van der Waals surface area contributed by atoms with Crippen LogP contribution in [0.25, 0.3) is 10.8 Å². The highest BCUT2D eigenvalue weighted by molar-refractivity contribution is 7.13. The first kappa shape index (κ1) is 15.7. The van der Waals surface area contributed by atoms with Crippen LogP contribution in [0, 0.1) is 0 Å². The van der Waals surface area contributed by atoms with Crippen LogP contribution in [-0.4, -0.2) is 15.2 Å². The first-order valence-corrected chi connectivity index (χ1v) is 8.83. The summed E-state index contributed by atoms with van der Waals surface area (Å²) in [6.45, 7) is 0.467. The maximum Gasteiger partial charge on any atom is 0.257 e. The summed E-state index contributed by atoms with van der Waals surface area (Å²) < 4.78 is 5.76. The first-order chi connectivity index (χ1) is 12.4. The van der Waals surface area contributed by atoms with Gasteiger partial charge >= 0.3 is 0 Å². The van der Waals surface area contributed by atoms with Gasteiger partial charge in [-0.3, -0.25) is 10.3 Å². The summed E-state index contributed by atoms with van der Waals surface area (Å²) in [5.74, 6) is 1.11. The van der Waals surface area contributed by atoms with E-state index in [1.165, 1.54) is 0 Å². The van der Waals surface area contributed by atoms with Crippen molar-refractivity contribution in [3.63, 3.8) is 0 Å². The third kappa shape index (κ3) is 3.65. The Hall–Kier alpha value is -2.83. The van der Waals surface area contributed by atoms with E-state index in [1.54, 1.807) is 17.5 Å². The summed E-state index contributed by atoms with van der Waals surface area (Å²) in [5.41, 5.74) is 2.09. The fourth-order valence-electron chi connectivity index (χ4n) is 2.60. The standard InChI is InChI=1S/C19H16N4OS/c1-2-7-14(8-3-1)18(15-9-4-5-11-20-15)21-13-17-22-23-19(24-17)16-10-6-12-25-16/h1-12,18,21H,13H2. The van der Waals surface area contributed by atoms with Crippen LogP contribution in [0.1, 0.15) is 23.2 Å². The molecular weight excluding hydrogens is 332 g/mol. The summed E-state index contributed by atoms with van der Waals surface area (Å²) in [7, 11) is 0. The van der Waals surface area contributed by atoms with Crippen LogP contribution in [0.2, 0.25) is 0 Å². The summed E-state index contributed by atoms with van der Waals surface area (Å²) in [6, 6.07) is 20.0. The monoisotopic (exact) mass is 348 g/mol. The number of benzene rings is 1. The smallest absolute Gasteiger partial charge is 0.257 e. The van der Waals surface area contributed by atoms with Gasteiger partial charge in [0.25, 0.3) is 5.89 Å². The van der Waals surface area contributed by atoms with Gasteiger partial charge in [-0.15, -0.1) is 21.5 Å². The molecule has 5 nitrogen and oxygen atoms in total. The van der Waals surface area contributed by atoms with Gasteiger partial charge in [0.15, 0.2) is 0 Å². The zero-order valence-corrected chi connectivity index (χ0v) is 14.2. The summed E-state index contributed by atoms with van der Waals surface area (Å²) in [6.07, 6.45) is 1.80. The molecule has 1 aromatic carbocycles. The first-order valence-electron chi connectivity index (χ1n) is 7.95. The van der Waals surface area contributed by atoms with Gasteiger partial charge in [0.05, 0.1) is 23.2 Å². The fourth-order valence-corrected chi connectivity index (χ4v) is 3.24. The van der Waals surface area contributed by atoms with E-state index >= 15 is 0 Å². The van der Waals surface area contributed by atoms with E-state index in [1.807, 2.05) is 53.9 Å². The molecule has 25 heavy (non-hydrogen) atoms. The van der Waals surface area contributed by atoms with Gasteiger partial charge in [0, 0.05) is 6.20 Å². The van der Waals surface area contributed by atoms with E-state index in [9.17, 15) is 0 Å². The molecule has 3 aromatic heterocycles. The molecule has 4 rings (SSSR count). The second-order valence-corrected chi connectivity index (χ2v) is 6.41. The highest BCUT2D eigenvalue weighted by Gasteiger charge is 2.16. The molecule has 3 heterocycles. The number of nitrogens with zero attached hydrogens (tertiary/aromatic N) is 3. The average molecular weight is 348 g/mol. The third-order valence-electron chi connectivity index (χ3n) is 3.77. The molecule has 1 atom stereocenters. The van der Waals surface area contributed by atoms with Gasteiger partial charge in [0.2, 0.25) is 5.89 Å². The molecule has 124 valence electrons. The molecule has 0 aliphatic rings. The zero-order valence-electron chi connectivity index (χ0n) is 13.4. The van der Waals surface area contributed by atoms with Crippen LogP contribution in [0.3, 0.4) is 0 Å². The SMILES string of the molecule is c1ccc(C(NCc2nnc(-c3cccs3)o2)c2ccccn2)cc1. The Balaban J connectivity index is 1.54. The Labute approximate surface area is 149 Å². The Morgan fingerprint density at radius 3 is 2.60 bits per heavy atom. The molecule has 0 aliphatic carbocycles. The third-order valence-corrected chi connectivity index (χ3v) is 4.63. The molecule has 4 aromatic rings. The quantitative estimate of drug-likeness (QED) is 0.569. The highest BCUT2D eigenvalue weighted by atomic mass is 32.1. The number of aromatic nitrogens is 3. The van der Waals surface area contributed by atoms with Gasteiger partial charge in [-0.2, -0.15) is 0 Å². The lowest BCUT2D eigenvalue weighted by atomic mass is 10.0. The number of rotatable bonds is 6. The molecular formula is C19H16N4OS. The van der Waals surface area contributed by atoms with Crippen molar-refractivity contribution in [1.29, 1.82) is 0 Å². The highest BCUT2D eigenvalue weighted by Crippen LogP contribution is 2.24. The van der Waals surface area contributed by atoms with E-state index in [0.29, 0.717) is 18.3 Å². The van der Waals surface area contributed by atoms with Crippen molar-refractivity contribution in [1.82, 2.24) is 20.5 Å². The van der Waals surface area contributed by atoms with E-state index in [-0.39, 0.29) is 6.04 Å². The molecule has 0 radical (unpaired) electrons. The fraction of sp³-hybridized carbons (Fsp3) is 0.105. The minimum atomic E-state index is -0.0421. The van der Waals surface area contributed by atoms with Crippen molar-refractivity contribution in [3.05, 3.63) is 89.4 Å². The molecule has 0 fully saturated rings. The molecule has 0 saturated carbocycles. The lowest BCUT2D eigenvalue weighted by Crippen LogP contribution is -2.23. The Kier molecular flexibility index (Phi) is 4.63. The van der Waals surface area contributed by atoms with Crippen LogP contribution in [0.15, 0.2) is 76.7 Å². The summed E-state index contributed by atoms with van der Waals surface area (Å²) in [4.78, 5) is 5.46. The van der Waals surface area contributed by atoms with Crippen LogP contribution in [-0.2, 0) is 6.54 Å². The predicted molar refractivity (Wildman–Crippen MR) is 97.0 cm³/mol. The zero-order chi connectivity index (χ0) is 16.9. The second-order valence-electron chi connectivity index (χ2n) is 5.46. The second kappa shape index (κ2) is 7.38. The largest absolute Gasteiger partial charge is 0.419 e. The van der Waals surface area contributed by atoms with E-state index in [4.69, 9.17) is 4.42 Å². The van der Waals surface area contributed by atoms with Crippen LogP contribution < -0.4 is 5.32 Å². The van der Waals surface area contributed by atoms with Crippen molar-refractivity contribution in [2.45, 2.75) is 12.6 Å². The van der Waals surface area contributed by atoms with Gasteiger partial charge < -0.3 is 4.42 Å². The van der Waals surface area contributed by atoms with E-state index in [2.05, 4.69) is 32.6 Å². The minimum absolute atomic E-state index is 0.0421. The minimum Gasteiger partial charge on any atom is -0.419 e. The lowest BCUT2D eigenvalue weighted by molar-refractivity contribution is 0.460.